The van der Waals surface area contributed by atoms with Crippen LogP contribution in [0.4, 0.5) is 11.5 Å². The Kier molecular flexibility index (Phi) is 3.84. The van der Waals surface area contributed by atoms with Crippen molar-refractivity contribution in [2.24, 2.45) is 0 Å². The van der Waals surface area contributed by atoms with Gasteiger partial charge in [-0.1, -0.05) is 18.2 Å². The third-order valence-electron chi connectivity index (χ3n) is 2.35. The topological polar surface area (TPSA) is 70.8 Å². The van der Waals surface area contributed by atoms with Crippen molar-refractivity contribution in [2.75, 3.05) is 12.4 Å². The van der Waals surface area contributed by atoms with E-state index < -0.39 is 0 Å². The van der Waals surface area contributed by atoms with Crippen molar-refractivity contribution in [3.8, 4) is 6.07 Å². The second-order valence-electron chi connectivity index (χ2n) is 3.61. The molecule has 1 heterocycles. The fourth-order valence-electron chi connectivity index (χ4n) is 1.51. The van der Waals surface area contributed by atoms with Gasteiger partial charge in [0.2, 0.25) is 0 Å². The number of ether oxygens (including phenoxy) is 1. The lowest BCUT2D eigenvalue weighted by Gasteiger charge is -2.10. The highest BCUT2D eigenvalue weighted by Gasteiger charge is 2.03. The van der Waals surface area contributed by atoms with E-state index in [9.17, 15) is 0 Å². The number of anilines is 2. The maximum atomic E-state index is 8.64. The molecule has 18 heavy (non-hydrogen) atoms. The number of hydrogen-bond acceptors (Lipinski definition) is 5. The van der Waals surface area contributed by atoms with Gasteiger partial charge < -0.3 is 10.1 Å². The van der Waals surface area contributed by atoms with Crippen LogP contribution in [0.2, 0.25) is 0 Å². The van der Waals surface area contributed by atoms with E-state index in [1.165, 1.54) is 12.4 Å². The molecule has 2 rings (SSSR count). The molecule has 0 radical (unpaired) electrons. The molecule has 0 aliphatic carbocycles. The molecule has 0 aliphatic heterocycles. The van der Waals surface area contributed by atoms with Crippen LogP contribution in [0.25, 0.3) is 0 Å². The number of benzene rings is 1. The van der Waals surface area contributed by atoms with Gasteiger partial charge in [0.15, 0.2) is 5.69 Å². The lowest BCUT2D eigenvalue weighted by molar-refractivity contribution is 0.185. The molecule has 0 fully saturated rings. The molecule has 0 bridgehead atoms. The average molecular weight is 240 g/mol. The molecule has 2 aromatic rings. The molecule has 5 nitrogen and oxygen atoms in total. The Bertz CT molecular complexity index is 560. The molecule has 90 valence electrons. The van der Waals surface area contributed by atoms with Gasteiger partial charge >= 0.3 is 0 Å². The first-order chi connectivity index (χ1) is 8.83. The van der Waals surface area contributed by atoms with Crippen LogP contribution in [-0.4, -0.2) is 17.1 Å². The Morgan fingerprint density at radius 2 is 2.11 bits per heavy atom. The summed E-state index contributed by atoms with van der Waals surface area (Å²) >= 11 is 0. The van der Waals surface area contributed by atoms with Crippen LogP contribution in [0.3, 0.4) is 0 Å². The Hall–Kier alpha value is -2.45. The van der Waals surface area contributed by atoms with E-state index in [4.69, 9.17) is 10.00 Å². The van der Waals surface area contributed by atoms with Gasteiger partial charge in [0, 0.05) is 18.4 Å². The first-order valence-electron chi connectivity index (χ1n) is 5.39. The zero-order valence-corrected chi connectivity index (χ0v) is 9.92. The molecule has 0 saturated carbocycles. The van der Waals surface area contributed by atoms with Crippen LogP contribution < -0.4 is 5.32 Å². The van der Waals surface area contributed by atoms with Gasteiger partial charge in [0.25, 0.3) is 0 Å². The van der Waals surface area contributed by atoms with Gasteiger partial charge in [-0.3, -0.25) is 0 Å². The summed E-state index contributed by atoms with van der Waals surface area (Å²) in [7, 11) is 1.65. The van der Waals surface area contributed by atoms with Crippen molar-refractivity contribution in [2.45, 2.75) is 6.61 Å². The molecule has 0 aliphatic rings. The second-order valence-corrected chi connectivity index (χ2v) is 3.61. The van der Waals surface area contributed by atoms with Crippen molar-refractivity contribution >= 4 is 11.5 Å². The molecule has 0 saturated heterocycles. The van der Waals surface area contributed by atoms with E-state index in [1.807, 2.05) is 30.3 Å². The molecule has 1 N–H and O–H groups in total. The number of nitrogens with zero attached hydrogens (tertiary/aromatic N) is 3. The van der Waals surface area contributed by atoms with E-state index >= 15 is 0 Å². The normalized spacial score (nSPS) is 9.78. The molecule has 1 aromatic carbocycles. The predicted octanol–water partition coefficient (Wildman–Crippen LogP) is 2.24. The molecule has 0 amide bonds. The SMILES string of the molecule is COCc1ccccc1Nc1cnc(C#N)cn1. The highest BCUT2D eigenvalue weighted by Crippen LogP contribution is 2.19. The zero-order chi connectivity index (χ0) is 12.8. The summed E-state index contributed by atoms with van der Waals surface area (Å²) in [6.07, 6.45) is 2.96. The predicted molar refractivity (Wildman–Crippen MR) is 67.2 cm³/mol. The summed E-state index contributed by atoms with van der Waals surface area (Å²) in [6, 6.07) is 9.72. The Morgan fingerprint density at radius 3 is 2.78 bits per heavy atom. The van der Waals surface area contributed by atoms with E-state index in [2.05, 4.69) is 15.3 Å². The summed E-state index contributed by atoms with van der Waals surface area (Å²) in [5, 5.41) is 11.8. The molecular formula is C13H12N4O. The highest BCUT2D eigenvalue weighted by molar-refractivity contribution is 5.59. The fraction of sp³-hybridized carbons (Fsp3) is 0.154. The van der Waals surface area contributed by atoms with Crippen LogP contribution in [0.15, 0.2) is 36.7 Å². The van der Waals surface area contributed by atoms with Crippen LogP contribution >= 0.6 is 0 Å². The van der Waals surface area contributed by atoms with E-state index in [-0.39, 0.29) is 0 Å². The summed E-state index contributed by atoms with van der Waals surface area (Å²) in [5.74, 6) is 0.595. The van der Waals surface area contributed by atoms with E-state index in [0.717, 1.165) is 11.3 Å². The van der Waals surface area contributed by atoms with Gasteiger partial charge in [-0.2, -0.15) is 5.26 Å². The van der Waals surface area contributed by atoms with Gasteiger partial charge in [-0.25, -0.2) is 9.97 Å². The summed E-state index contributed by atoms with van der Waals surface area (Å²) in [4.78, 5) is 8.06. The summed E-state index contributed by atoms with van der Waals surface area (Å²) < 4.78 is 5.12. The van der Waals surface area contributed by atoms with Crippen LogP contribution in [0.1, 0.15) is 11.3 Å². The first-order valence-corrected chi connectivity index (χ1v) is 5.39. The third-order valence-corrected chi connectivity index (χ3v) is 2.35. The Morgan fingerprint density at radius 1 is 1.28 bits per heavy atom. The largest absolute Gasteiger partial charge is 0.380 e. The number of aromatic nitrogens is 2. The minimum absolute atomic E-state index is 0.297. The van der Waals surface area contributed by atoms with Crippen molar-refractivity contribution < 1.29 is 4.74 Å². The molecular weight excluding hydrogens is 228 g/mol. The van der Waals surface area contributed by atoms with Crippen LogP contribution in [0.5, 0.6) is 0 Å². The van der Waals surface area contributed by atoms with E-state index in [1.54, 1.807) is 7.11 Å². The maximum Gasteiger partial charge on any atom is 0.158 e. The zero-order valence-electron chi connectivity index (χ0n) is 9.92. The highest BCUT2D eigenvalue weighted by atomic mass is 16.5. The van der Waals surface area contributed by atoms with Crippen molar-refractivity contribution in [1.82, 2.24) is 9.97 Å². The maximum absolute atomic E-state index is 8.64. The van der Waals surface area contributed by atoms with Gasteiger partial charge in [-0.15, -0.1) is 0 Å². The van der Waals surface area contributed by atoms with Crippen molar-refractivity contribution in [3.63, 3.8) is 0 Å². The Labute approximate surface area is 105 Å². The standard InChI is InChI=1S/C13H12N4O/c1-18-9-10-4-2-3-5-12(10)17-13-8-15-11(6-14)7-16-13/h2-5,7-8H,9H2,1H3,(H,16,17). The number of nitrogens with one attached hydrogen (secondary N) is 1. The molecule has 5 heteroatoms. The van der Waals surface area contributed by atoms with Gasteiger partial charge in [0.05, 0.1) is 19.0 Å². The molecule has 1 aromatic heterocycles. The summed E-state index contributed by atoms with van der Waals surface area (Å²) in [5.41, 5.74) is 2.25. The van der Waals surface area contributed by atoms with Gasteiger partial charge in [-0.05, 0) is 6.07 Å². The smallest absolute Gasteiger partial charge is 0.158 e. The quantitative estimate of drug-likeness (QED) is 0.887. The summed E-state index contributed by atoms with van der Waals surface area (Å²) in [6.45, 7) is 0.521. The monoisotopic (exact) mass is 240 g/mol. The number of rotatable bonds is 4. The number of methoxy groups -OCH3 is 1. The molecule has 0 unspecified atom stereocenters. The number of nitriles is 1. The molecule has 0 spiro atoms. The Balaban J connectivity index is 2.20. The van der Waals surface area contributed by atoms with Gasteiger partial charge in [0.1, 0.15) is 11.9 Å². The van der Waals surface area contributed by atoms with Crippen LogP contribution in [0, 0.1) is 11.3 Å². The first kappa shape index (κ1) is 12.0. The van der Waals surface area contributed by atoms with Crippen molar-refractivity contribution in [3.05, 3.63) is 47.9 Å². The third kappa shape index (κ3) is 2.81. The second kappa shape index (κ2) is 5.75. The fourth-order valence-corrected chi connectivity index (χ4v) is 1.51. The number of hydrogen-bond donors (Lipinski definition) is 1. The minimum atomic E-state index is 0.297. The van der Waals surface area contributed by atoms with Crippen molar-refractivity contribution in [1.29, 1.82) is 5.26 Å². The lowest BCUT2D eigenvalue weighted by atomic mass is 10.2. The lowest BCUT2D eigenvalue weighted by Crippen LogP contribution is -1.99. The van der Waals surface area contributed by atoms with E-state index in [0.29, 0.717) is 18.1 Å². The number of para-hydroxylation sites is 1. The van der Waals surface area contributed by atoms with Crippen LogP contribution in [-0.2, 0) is 11.3 Å². The molecule has 0 atom stereocenters. The average Bonchev–Trinajstić information content (AvgIpc) is 2.42. The minimum Gasteiger partial charge on any atom is -0.380 e.